The third kappa shape index (κ3) is 4.33. The SMILES string of the molecule is COc1ccc(Cl)c(CC(=O)N/N=C/c2ccccc2C)c1. The van der Waals surface area contributed by atoms with Gasteiger partial charge in [-0.2, -0.15) is 5.10 Å². The van der Waals surface area contributed by atoms with Crippen LogP contribution in [-0.4, -0.2) is 19.2 Å². The first kappa shape index (κ1) is 16.0. The highest BCUT2D eigenvalue weighted by molar-refractivity contribution is 6.31. The van der Waals surface area contributed by atoms with Crippen LogP contribution in [0, 0.1) is 6.92 Å². The number of methoxy groups -OCH3 is 1. The number of nitrogens with zero attached hydrogens (tertiary/aromatic N) is 1. The van der Waals surface area contributed by atoms with Crippen LogP contribution in [0.5, 0.6) is 5.75 Å². The average Bonchev–Trinajstić information content (AvgIpc) is 2.51. The van der Waals surface area contributed by atoms with E-state index >= 15 is 0 Å². The largest absolute Gasteiger partial charge is 0.497 e. The molecule has 0 aliphatic carbocycles. The Labute approximate surface area is 134 Å². The first-order chi connectivity index (χ1) is 10.6. The Balaban J connectivity index is 1.98. The number of aryl methyl sites for hydroxylation is 1. The molecule has 4 nitrogen and oxygen atoms in total. The van der Waals surface area contributed by atoms with Crippen LogP contribution >= 0.6 is 11.6 Å². The van der Waals surface area contributed by atoms with Gasteiger partial charge >= 0.3 is 0 Å². The second-order valence-corrected chi connectivity index (χ2v) is 5.19. The molecule has 2 rings (SSSR count). The molecule has 0 fully saturated rings. The molecule has 5 heteroatoms. The zero-order valence-corrected chi connectivity index (χ0v) is 13.2. The number of carbonyl (C=O) groups excluding carboxylic acids is 1. The molecule has 0 radical (unpaired) electrons. The monoisotopic (exact) mass is 316 g/mol. The summed E-state index contributed by atoms with van der Waals surface area (Å²) >= 11 is 6.07. The van der Waals surface area contributed by atoms with Crippen molar-refractivity contribution in [3.8, 4) is 5.75 Å². The van der Waals surface area contributed by atoms with Crippen LogP contribution in [0.3, 0.4) is 0 Å². The van der Waals surface area contributed by atoms with Gasteiger partial charge in [-0.05, 0) is 41.8 Å². The van der Waals surface area contributed by atoms with E-state index in [-0.39, 0.29) is 12.3 Å². The lowest BCUT2D eigenvalue weighted by Crippen LogP contribution is -2.20. The van der Waals surface area contributed by atoms with Crippen LogP contribution in [0.15, 0.2) is 47.6 Å². The molecule has 0 aliphatic heterocycles. The number of halogens is 1. The van der Waals surface area contributed by atoms with E-state index in [1.807, 2.05) is 31.2 Å². The second kappa shape index (κ2) is 7.61. The number of ether oxygens (including phenoxy) is 1. The Morgan fingerprint density at radius 1 is 1.32 bits per heavy atom. The van der Waals surface area contributed by atoms with Gasteiger partial charge in [0.15, 0.2) is 0 Å². The quantitative estimate of drug-likeness (QED) is 0.679. The van der Waals surface area contributed by atoms with Gasteiger partial charge in [0.05, 0.1) is 19.7 Å². The summed E-state index contributed by atoms with van der Waals surface area (Å²) < 4.78 is 5.12. The number of carbonyl (C=O) groups is 1. The highest BCUT2D eigenvalue weighted by atomic mass is 35.5. The number of benzene rings is 2. The molecule has 1 N–H and O–H groups in total. The lowest BCUT2D eigenvalue weighted by molar-refractivity contribution is -0.120. The summed E-state index contributed by atoms with van der Waals surface area (Å²) in [6.07, 6.45) is 1.77. The predicted octanol–water partition coefficient (Wildman–Crippen LogP) is 3.35. The van der Waals surface area contributed by atoms with E-state index in [1.54, 1.807) is 31.5 Å². The summed E-state index contributed by atoms with van der Waals surface area (Å²) in [6.45, 7) is 1.99. The van der Waals surface area contributed by atoms with Gasteiger partial charge in [-0.15, -0.1) is 0 Å². The maximum Gasteiger partial charge on any atom is 0.244 e. The van der Waals surface area contributed by atoms with Crippen molar-refractivity contribution in [2.24, 2.45) is 5.10 Å². The van der Waals surface area contributed by atoms with Gasteiger partial charge in [0.2, 0.25) is 5.91 Å². The maximum absolute atomic E-state index is 11.9. The first-order valence-electron chi connectivity index (χ1n) is 6.80. The fourth-order valence-electron chi connectivity index (χ4n) is 1.93. The summed E-state index contributed by atoms with van der Waals surface area (Å²) in [5, 5.41) is 4.50. The van der Waals surface area contributed by atoms with Crippen molar-refractivity contribution in [2.45, 2.75) is 13.3 Å². The van der Waals surface area contributed by atoms with Crippen molar-refractivity contribution < 1.29 is 9.53 Å². The van der Waals surface area contributed by atoms with Gasteiger partial charge in [-0.3, -0.25) is 4.79 Å². The minimum atomic E-state index is -0.236. The maximum atomic E-state index is 11.9. The molecule has 0 heterocycles. The zero-order valence-electron chi connectivity index (χ0n) is 12.5. The van der Waals surface area contributed by atoms with E-state index < -0.39 is 0 Å². The molecule has 2 aromatic rings. The molecule has 0 atom stereocenters. The Kier molecular flexibility index (Phi) is 5.55. The van der Waals surface area contributed by atoms with Crippen molar-refractivity contribution >= 4 is 23.7 Å². The number of amides is 1. The van der Waals surface area contributed by atoms with E-state index in [1.165, 1.54) is 0 Å². The number of nitrogens with one attached hydrogen (secondary N) is 1. The number of hydrogen-bond acceptors (Lipinski definition) is 3. The van der Waals surface area contributed by atoms with Crippen LogP contribution < -0.4 is 10.2 Å². The molecule has 22 heavy (non-hydrogen) atoms. The van der Waals surface area contributed by atoms with E-state index in [2.05, 4.69) is 10.5 Å². The molecule has 0 saturated heterocycles. The van der Waals surface area contributed by atoms with Gasteiger partial charge in [-0.1, -0.05) is 35.9 Å². The summed E-state index contributed by atoms with van der Waals surface area (Å²) in [4.78, 5) is 11.9. The van der Waals surface area contributed by atoms with Crippen molar-refractivity contribution in [3.05, 3.63) is 64.2 Å². The smallest absolute Gasteiger partial charge is 0.244 e. The van der Waals surface area contributed by atoms with Gasteiger partial charge < -0.3 is 4.74 Å². The molecular weight excluding hydrogens is 300 g/mol. The van der Waals surface area contributed by atoms with E-state index in [4.69, 9.17) is 16.3 Å². The zero-order chi connectivity index (χ0) is 15.9. The Morgan fingerprint density at radius 3 is 2.82 bits per heavy atom. The Bertz CT molecular complexity index is 699. The third-order valence-corrected chi connectivity index (χ3v) is 3.55. The minimum absolute atomic E-state index is 0.140. The van der Waals surface area contributed by atoms with Crippen LogP contribution in [0.2, 0.25) is 5.02 Å². The number of hydrogen-bond donors (Lipinski definition) is 1. The second-order valence-electron chi connectivity index (χ2n) is 4.78. The van der Waals surface area contributed by atoms with Crippen LogP contribution in [0.1, 0.15) is 16.7 Å². The molecule has 2 aromatic carbocycles. The molecule has 1 amide bonds. The normalized spacial score (nSPS) is 10.7. The molecular formula is C17H17ClN2O2. The molecule has 0 spiro atoms. The van der Waals surface area contributed by atoms with Gasteiger partial charge in [0, 0.05) is 5.02 Å². The minimum Gasteiger partial charge on any atom is -0.497 e. The van der Waals surface area contributed by atoms with Crippen molar-refractivity contribution in [2.75, 3.05) is 7.11 Å². The molecule has 0 saturated carbocycles. The van der Waals surface area contributed by atoms with Crippen LogP contribution in [0.4, 0.5) is 0 Å². The standard InChI is InChI=1S/C17H17ClN2O2/c1-12-5-3-4-6-13(12)11-19-20-17(21)10-14-9-15(22-2)7-8-16(14)18/h3-9,11H,10H2,1-2H3,(H,20,21)/b19-11+. The summed E-state index contributed by atoms with van der Waals surface area (Å²) in [7, 11) is 1.57. The van der Waals surface area contributed by atoms with Gasteiger partial charge in [0.1, 0.15) is 5.75 Å². The fourth-order valence-corrected chi connectivity index (χ4v) is 2.12. The molecule has 0 unspecified atom stereocenters. The van der Waals surface area contributed by atoms with E-state index in [0.29, 0.717) is 16.3 Å². The summed E-state index contributed by atoms with van der Waals surface area (Å²) in [6, 6.07) is 13.0. The fraction of sp³-hybridized carbons (Fsp3) is 0.176. The van der Waals surface area contributed by atoms with Crippen molar-refractivity contribution in [1.29, 1.82) is 0 Å². The summed E-state index contributed by atoms with van der Waals surface area (Å²) in [5.74, 6) is 0.426. The van der Waals surface area contributed by atoms with E-state index in [9.17, 15) is 4.79 Å². The molecule has 0 bridgehead atoms. The number of hydrazone groups is 1. The Hall–Kier alpha value is -2.33. The van der Waals surface area contributed by atoms with Gasteiger partial charge in [-0.25, -0.2) is 5.43 Å². The molecule has 0 aromatic heterocycles. The highest BCUT2D eigenvalue weighted by Crippen LogP contribution is 2.22. The van der Waals surface area contributed by atoms with Gasteiger partial charge in [0.25, 0.3) is 0 Å². The van der Waals surface area contributed by atoms with Crippen LogP contribution in [0.25, 0.3) is 0 Å². The predicted molar refractivity (Wildman–Crippen MR) is 88.6 cm³/mol. The van der Waals surface area contributed by atoms with Crippen LogP contribution in [-0.2, 0) is 11.2 Å². The lowest BCUT2D eigenvalue weighted by Gasteiger charge is -2.06. The highest BCUT2D eigenvalue weighted by Gasteiger charge is 2.08. The topological polar surface area (TPSA) is 50.7 Å². The van der Waals surface area contributed by atoms with E-state index in [0.717, 1.165) is 11.1 Å². The molecule has 114 valence electrons. The lowest BCUT2D eigenvalue weighted by atomic mass is 10.1. The van der Waals surface area contributed by atoms with Crippen molar-refractivity contribution in [1.82, 2.24) is 5.43 Å². The van der Waals surface area contributed by atoms with Crippen molar-refractivity contribution in [3.63, 3.8) is 0 Å². The first-order valence-corrected chi connectivity index (χ1v) is 7.18. The number of rotatable bonds is 5. The molecule has 0 aliphatic rings. The Morgan fingerprint density at radius 2 is 2.09 bits per heavy atom. The average molecular weight is 317 g/mol. The third-order valence-electron chi connectivity index (χ3n) is 3.19. The summed E-state index contributed by atoms with van der Waals surface area (Å²) in [5.41, 5.74) is 5.26.